The van der Waals surface area contributed by atoms with E-state index in [0.717, 1.165) is 0 Å². The molecule has 0 heterocycles. The summed E-state index contributed by atoms with van der Waals surface area (Å²) < 4.78 is 10.2. The van der Waals surface area contributed by atoms with E-state index in [-0.39, 0.29) is 13.3 Å². The van der Waals surface area contributed by atoms with Crippen LogP contribution in [0, 0.1) is 0 Å². The molecule has 0 spiro atoms. The molecule has 0 radical (unpaired) electrons. The van der Waals surface area contributed by atoms with Gasteiger partial charge in [-0.3, -0.25) is 4.79 Å². The fourth-order valence-corrected chi connectivity index (χ4v) is 1.24. The van der Waals surface area contributed by atoms with Crippen molar-refractivity contribution < 1.29 is 14.3 Å². The minimum absolute atomic E-state index is 0. The fourth-order valence-electron chi connectivity index (χ4n) is 1.24. The Morgan fingerprint density at radius 2 is 2.00 bits per heavy atom. The standard InChI is InChI=1S/C11H15NO3.CH4/c1-4-12-11(13)9-6-5-8(14-2)7-10(9)15-3;/h5-7H,4H2,1-3H3,(H,12,13);1H4. The second kappa shape index (κ2) is 6.71. The van der Waals surface area contributed by atoms with E-state index in [2.05, 4.69) is 5.32 Å². The Bertz CT molecular complexity index is 350. The van der Waals surface area contributed by atoms with E-state index in [1.807, 2.05) is 6.92 Å². The molecule has 4 heteroatoms. The van der Waals surface area contributed by atoms with Gasteiger partial charge in [0.2, 0.25) is 0 Å². The van der Waals surface area contributed by atoms with Crippen LogP contribution in [0.15, 0.2) is 18.2 Å². The van der Waals surface area contributed by atoms with Gasteiger partial charge >= 0.3 is 0 Å². The van der Waals surface area contributed by atoms with Crippen LogP contribution in [-0.4, -0.2) is 26.7 Å². The van der Waals surface area contributed by atoms with Gasteiger partial charge in [0, 0.05) is 12.6 Å². The lowest BCUT2D eigenvalue weighted by atomic mass is 10.2. The summed E-state index contributed by atoms with van der Waals surface area (Å²) in [5, 5.41) is 2.71. The number of rotatable bonds is 4. The lowest BCUT2D eigenvalue weighted by Crippen LogP contribution is -2.23. The van der Waals surface area contributed by atoms with Gasteiger partial charge in [-0.1, -0.05) is 7.43 Å². The highest BCUT2D eigenvalue weighted by molar-refractivity contribution is 5.97. The first-order valence-corrected chi connectivity index (χ1v) is 4.73. The van der Waals surface area contributed by atoms with Crippen LogP contribution < -0.4 is 14.8 Å². The molecule has 0 atom stereocenters. The Hall–Kier alpha value is -1.71. The first-order chi connectivity index (χ1) is 7.22. The number of nitrogens with one attached hydrogen (secondary N) is 1. The van der Waals surface area contributed by atoms with Crippen LogP contribution >= 0.6 is 0 Å². The normalized spacial score (nSPS) is 8.94. The monoisotopic (exact) mass is 225 g/mol. The molecule has 4 nitrogen and oxygen atoms in total. The largest absolute Gasteiger partial charge is 0.497 e. The van der Waals surface area contributed by atoms with Crippen molar-refractivity contribution in [3.05, 3.63) is 23.8 Å². The highest BCUT2D eigenvalue weighted by Gasteiger charge is 2.11. The minimum Gasteiger partial charge on any atom is -0.497 e. The fraction of sp³-hybridized carbons (Fsp3) is 0.417. The zero-order valence-electron chi connectivity index (χ0n) is 9.16. The van der Waals surface area contributed by atoms with Crippen LogP contribution in [0.1, 0.15) is 24.7 Å². The van der Waals surface area contributed by atoms with Crippen LogP contribution in [0.4, 0.5) is 0 Å². The number of amides is 1. The van der Waals surface area contributed by atoms with Crippen molar-refractivity contribution in [2.45, 2.75) is 14.4 Å². The summed E-state index contributed by atoms with van der Waals surface area (Å²) in [6.07, 6.45) is 0. The number of benzene rings is 1. The molecule has 0 bridgehead atoms. The summed E-state index contributed by atoms with van der Waals surface area (Å²) in [4.78, 5) is 11.6. The van der Waals surface area contributed by atoms with E-state index >= 15 is 0 Å². The molecule has 16 heavy (non-hydrogen) atoms. The number of methoxy groups -OCH3 is 2. The molecule has 0 unspecified atom stereocenters. The highest BCUT2D eigenvalue weighted by atomic mass is 16.5. The summed E-state index contributed by atoms with van der Waals surface area (Å²) in [5.41, 5.74) is 0.514. The smallest absolute Gasteiger partial charge is 0.255 e. The Morgan fingerprint density at radius 1 is 1.31 bits per heavy atom. The van der Waals surface area contributed by atoms with Crippen LogP contribution in [0.2, 0.25) is 0 Å². The molecular formula is C12H19NO3. The van der Waals surface area contributed by atoms with Crippen LogP contribution in [0.5, 0.6) is 11.5 Å². The number of carbonyl (C=O) groups is 1. The van der Waals surface area contributed by atoms with Crippen LogP contribution in [-0.2, 0) is 0 Å². The summed E-state index contributed by atoms with van der Waals surface area (Å²) in [6.45, 7) is 2.46. The quantitative estimate of drug-likeness (QED) is 0.853. The molecule has 1 rings (SSSR count). The van der Waals surface area contributed by atoms with Gasteiger partial charge in [0.1, 0.15) is 11.5 Å². The van der Waals surface area contributed by atoms with Gasteiger partial charge in [-0.2, -0.15) is 0 Å². The second-order valence-electron chi connectivity index (χ2n) is 2.93. The van der Waals surface area contributed by atoms with Crippen molar-refractivity contribution in [1.29, 1.82) is 0 Å². The molecule has 1 aromatic carbocycles. The molecule has 0 saturated heterocycles. The third kappa shape index (κ3) is 3.15. The molecule has 0 saturated carbocycles. The lowest BCUT2D eigenvalue weighted by Gasteiger charge is -2.09. The molecule has 0 aliphatic heterocycles. The Morgan fingerprint density at radius 3 is 2.50 bits per heavy atom. The summed E-state index contributed by atoms with van der Waals surface area (Å²) >= 11 is 0. The van der Waals surface area contributed by atoms with Crippen molar-refractivity contribution in [3.8, 4) is 11.5 Å². The topological polar surface area (TPSA) is 47.6 Å². The van der Waals surface area contributed by atoms with Gasteiger partial charge < -0.3 is 14.8 Å². The maximum absolute atomic E-state index is 11.6. The van der Waals surface area contributed by atoms with E-state index in [1.54, 1.807) is 25.3 Å². The van der Waals surface area contributed by atoms with Crippen LogP contribution in [0.25, 0.3) is 0 Å². The van der Waals surface area contributed by atoms with E-state index in [4.69, 9.17) is 9.47 Å². The molecule has 0 aliphatic carbocycles. The molecule has 0 aromatic heterocycles. The van der Waals surface area contributed by atoms with E-state index in [0.29, 0.717) is 23.6 Å². The Kier molecular flexibility index (Phi) is 6.00. The molecule has 0 fully saturated rings. The summed E-state index contributed by atoms with van der Waals surface area (Å²) in [7, 11) is 3.10. The summed E-state index contributed by atoms with van der Waals surface area (Å²) in [5.74, 6) is 1.04. The molecule has 1 amide bonds. The molecule has 1 aromatic rings. The molecule has 0 aliphatic rings. The average Bonchev–Trinajstić information content (AvgIpc) is 2.28. The molecule has 1 N–H and O–H groups in total. The Balaban J connectivity index is 0.00000225. The highest BCUT2D eigenvalue weighted by Crippen LogP contribution is 2.24. The SMILES string of the molecule is C.CCNC(=O)c1ccc(OC)cc1OC. The predicted molar refractivity (Wildman–Crippen MR) is 64.3 cm³/mol. The lowest BCUT2D eigenvalue weighted by molar-refractivity contribution is 0.0953. The molecular weight excluding hydrogens is 206 g/mol. The molecule has 90 valence electrons. The van der Waals surface area contributed by atoms with Crippen molar-refractivity contribution >= 4 is 5.91 Å². The van der Waals surface area contributed by atoms with Gasteiger partial charge in [-0.05, 0) is 19.1 Å². The zero-order chi connectivity index (χ0) is 11.3. The second-order valence-corrected chi connectivity index (χ2v) is 2.93. The Labute approximate surface area is 96.6 Å². The van der Waals surface area contributed by atoms with Crippen molar-refractivity contribution in [3.63, 3.8) is 0 Å². The van der Waals surface area contributed by atoms with Crippen molar-refractivity contribution in [2.75, 3.05) is 20.8 Å². The predicted octanol–water partition coefficient (Wildman–Crippen LogP) is 2.09. The third-order valence-corrected chi connectivity index (χ3v) is 1.99. The van der Waals surface area contributed by atoms with Gasteiger partial charge in [-0.25, -0.2) is 0 Å². The first kappa shape index (κ1) is 14.3. The van der Waals surface area contributed by atoms with E-state index in [1.165, 1.54) is 7.11 Å². The third-order valence-electron chi connectivity index (χ3n) is 1.99. The van der Waals surface area contributed by atoms with Gasteiger partial charge in [0.05, 0.1) is 19.8 Å². The average molecular weight is 225 g/mol. The van der Waals surface area contributed by atoms with Gasteiger partial charge in [-0.15, -0.1) is 0 Å². The van der Waals surface area contributed by atoms with E-state index < -0.39 is 0 Å². The zero-order valence-corrected chi connectivity index (χ0v) is 9.16. The minimum atomic E-state index is -0.142. The van der Waals surface area contributed by atoms with Crippen molar-refractivity contribution in [2.24, 2.45) is 0 Å². The number of hydrogen-bond donors (Lipinski definition) is 1. The maximum Gasteiger partial charge on any atom is 0.255 e. The number of ether oxygens (including phenoxy) is 2. The van der Waals surface area contributed by atoms with Crippen molar-refractivity contribution in [1.82, 2.24) is 5.32 Å². The van der Waals surface area contributed by atoms with Gasteiger partial charge in [0.25, 0.3) is 5.91 Å². The first-order valence-electron chi connectivity index (χ1n) is 4.73. The summed E-state index contributed by atoms with van der Waals surface area (Å²) in [6, 6.07) is 5.10. The number of carbonyl (C=O) groups excluding carboxylic acids is 1. The van der Waals surface area contributed by atoms with E-state index in [9.17, 15) is 4.79 Å². The van der Waals surface area contributed by atoms with Crippen LogP contribution in [0.3, 0.4) is 0 Å². The number of hydrogen-bond acceptors (Lipinski definition) is 3. The maximum atomic E-state index is 11.6. The van der Waals surface area contributed by atoms with Gasteiger partial charge in [0.15, 0.2) is 0 Å².